The Kier molecular flexibility index (Phi) is 5.10. The maximum atomic E-state index is 11.7. The summed E-state index contributed by atoms with van der Waals surface area (Å²) < 4.78 is 6.37. The summed E-state index contributed by atoms with van der Waals surface area (Å²) in [7, 11) is 0. The topological polar surface area (TPSA) is 55.4 Å². The normalized spacial score (nSPS) is 16.4. The molecule has 0 bridgehead atoms. The Balaban J connectivity index is 1.76. The van der Waals surface area contributed by atoms with Gasteiger partial charge >= 0.3 is 0 Å². The molecule has 0 heterocycles. The van der Waals surface area contributed by atoms with E-state index in [1.165, 1.54) is 0 Å². The predicted octanol–water partition coefficient (Wildman–Crippen LogP) is 2.92. The molecule has 1 aromatic carbocycles. The lowest BCUT2D eigenvalue weighted by atomic mass is 9.96. The number of para-hydroxylation sites is 1. The number of ketones is 1. The summed E-state index contributed by atoms with van der Waals surface area (Å²) >= 11 is 3.37. The zero-order chi connectivity index (χ0) is 13.7. The van der Waals surface area contributed by atoms with Crippen molar-refractivity contribution in [2.75, 3.05) is 11.9 Å². The molecule has 4 nitrogen and oxygen atoms in total. The number of amides is 1. The molecule has 1 N–H and O–H groups in total. The second-order valence-corrected chi connectivity index (χ2v) is 5.43. The number of carbonyl (C=O) groups is 2. The highest BCUT2D eigenvalue weighted by Gasteiger charge is 2.20. The highest BCUT2D eigenvalue weighted by molar-refractivity contribution is 9.10. The Hall–Kier alpha value is -1.20. The highest BCUT2D eigenvalue weighted by atomic mass is 79.9. The number of benzene rings is 1. The third-order valence-corrected chi connectivity index (χ3v) is 3.78. The molecule has 2 rings (SSSR count). The maximum Gasteiger partial charge on any atom is 0.250 e. The first kappa shape index (κ1) is 14.2. The van der Waals surface area contributed by atoms with Gasteiger partial charge in [-0.3, -0.25) is 9.59 Å². The summed E-state index contributed by atoms with van der Waals surface area (Å²) in [6, 6.07) is 7.42. The molecule has 1 fully saturated rings. The molecule has 102 valence electrons. The van der Waals surface area contributed by atoms with E-state index in [2.05, 4.69) is 21.2 Å². The molecule has 5 heteroatoms. The van der Waals surface area contributed by atoms with Crippen molar-refractivity contribution in [2.45, 2.75) is 31.8 Å². The number of anilines is 1. The van der Waals surface area contributed by atoms with Gasteiger partial charge in [0.25, 0.3) is 0 Å². The van der Waals surface area contributed by atoms with E-state index in [-0.39, 0.29) is 24.4 Å². The van der Waals surface area contributed by atoms with Gasteiger partial charge in [0.1, 0.15) is 12.4 Å². The lowest BCUT2D eigenvalue weighted by Gasteiger charge is -2.21. The van der Waals surface area contributed by atoms with E-state index in [1.807, 2.05) is 24.3 Å². The number of carbonyl (C=O) groups excluding carboxylic acids is 2. The number of ether oxygens (including phenoxy) is 1. The molecular weight excluding hydrogens is 310 g/mol. The zero-order valence-corrected chi connectivity index (χ0v) is 12.1. The van der Waals surface area contributed by atoms with Crippen molar-refractivity contribution in [1.29, 1.82) is 0 Å². The first-order valence-electron chi connectivity index (χ1n) is 6.33. The van der Waals surface area contributed by atoms with Crippen molar-refractivity contribution >= 4 is 33.3 Å². The highest BCUT2D eigenvalue weighted by Crippen LogP contribution is 2.21. The molecule has 1 aliphatic rings. The summed E-state index contributed by atoms with van der Waals surface area (Å²) in [6.45, 7) is 0.0280. The van der Waals surface area contributed by atoms with Gasteiger partial charge in [-0.1, -0.05) is 12.1 Å². The predicted molar refractivity (Wildman–Crippen MR) is 76.0 cm³/mol. The van der Waals surface area contributed by atoms with E-state index in [0.29, 0.717) is 12.8 Å². The second-order valence-electron chi connectivity index (χ2n) is 4.58. The third-order valence-electron chi connectivity index (χ3n) is 3.09. The number of halogens is 1. The van der Waals surface area contributed by atoms with E-state index in [4.69, 9.17) is 4.74 Å². The van der Waals surface area contributed by atoms with Crippen LogP contribution in [0.3, 0.4) is 0 Å². The summed E-state index contributed by atoms with van der Waals surface area (Å²) in [5, 5.41) is 2.78. The molecule has 0 atom stereocenters. The largest absolute Gasteiger partial charge is 0.368 e. The minimum Gasteiger partial charge on any atom is -0.368 e. The van der Waals surface area contributed by atoms with Crippen molar-refractivity contribution in [1.82, 2.24) is 0 Å². The SMILES string of the molecule is O=C1CCC(OCC(=O)Nc2ccccc2Br)CC1. The van der Waals surface area contributed by atoms with Crippen LogP contribution in [0.5, 0.6) is 0 Å². The Labute approximate surface area is 120 Å². The van der Waals surface area contributed by atoms with Crippen LogP contribution in [0.4, 0.5) is 5.69 Å². The van der Waals surface area contributed by atoms with Gasteiger partial charge in [0.15, 0.2) is 0 Å². The lowest BCUT2D eigenvalue weighted by molar-refractivity contribution is -0.126. The van der Waals surface area contributed by atoms with Crippen LogP contribution in [0, 0.1) is 0 Å². The first-order valence-corrected chi connectivity index (χ1v) is 7.12. The maximum absolute atomic E-state index is 11.7. The average molecular weight is 326 g/mol. The fourth-order valence-corrected chi connectivity index (χ4v) is 2.41. The van der Waals surface area contributed by atoms with Gasteiger partial charge in [-0.15, -0.1) is 0 Å². The standard InChI is InChI=1S/C14H16BrNO3/c15-12-3-1-2-4-13(12)16-14(18)9-19-11-7-5-10(17)6-8-11/h1-4,11H,5-9H2,(H,16,18). The van der Waals surface area contributed by atoms with Gasteiger partial charge in [-0.2, -0.15) is 0 Å². The van der Waals surface area contributed by atoms with Gasteiger partial charge in [0.2, 0.25) is 5.91 Å². The van der Waals surface area contributed by atoms with Crippen LogP contribution in [0.2, 0.25) is 0 Å². The fourth-order valence-electron chi connectivity index (χ4n) is 2.02. The average Bonchev–Trinajstić information content (AvgIpc) is 2.41. The molecule has 0 unspecified atom stereocenters. The van der Waals surface area contributed by atoms with Crippen molar-refractivity contribution in [3.05, 3.63) is 28.7 Å². The van der Waals surface area contributed by atoms with Gasteiger partial charge < -0.3 is 10.1 Å². The van der Waals surface area contributed by atoms with Crippen LogP contribution in [-0.2, 0) is 14.3 Å². The molecule has 0 spiro atoms. The summed E-state index contributed by atoms with van der Waals surface area (Å²) in [4.78, 5) is 22.8. The molecule has 1 saturated carbocycles. The fraction of sp³-hybridized carbons (Fsp3) is 0.429. The molecule has 0 radical (unpaired) electrons. The quantitative estimate of drug-likeness (QED) is 0.926. The van der Waals surface area contributed by atoms with Gasteiger partial charge in [0.05, 0.1) is 11.8 Å². The molecule has 0 aromatic heterocycles. The van der Waals surface area contributed by atoms with E-state index in [1.54, 1.807) is 0 Å². The monoisotopic (exact) mass is 325 g/mol. The third kappa shape index (κ3) is 4.44. The van der Waals surface area contributed by atoms with Crippen molar-refractivity contribution in [3.8, 4) is 0 Å². The molecule has 19 heavy (non-hydrogen) atoms. The minimum atomic E-state index is -0.177. The molecule has 1 amide bonds. The van der Waals surface area contributed by atoms with Crippen molar-refractivity contribution < 1.29 is 14.3 Å². The molecule has 0 aliphatic heterocycles. The zero-order valence-electron chi connectivity index (χ0n) is 10.5. The van der Waals surface area contributed by atoms with Gasteiger partial charge in [-0.25, -0.2) is 0 Å². The number of hydrogen-bond donors (Lipinski definition) is 1. The van der Waals surface area contributed by atoms with Crippen molar-refractivity contribution in [3.63, 3.8) is 0 Å². The van der Waals surface area contributed by atoms with E-state index in [0.717, 1.165) is 23.0 Å². The summed E-state index contributed by atoms with van der Waals surface area (Å²) in [6.07, 6.45) is 2.61. The molecule has 0 saturated heterocycles. The van der Waals surface area contributed by atoms with Crippen LogP contribution in [0.1, 0.15) is 25.7 Å². The summed E-state index contributed by atoms with van der Waals surface area (Å²) in [5.74, 6) is 0.112. The van der Waals surface area contributed by atoms with E-state index >= 15 is 0 Å². The van der Waals surface area contributed by atoms with E-state index < -0.39 is 0 Å². The van der Waals surface area contributed by atoms with Crippen LogP contribution < -0.4 is 5.32 Å². The minimum absolute atomic E-state index is 0.0280. The van der Waals surface area contributed by atoms with Gasteiger partial charge in [-0.05, 0) is 40.9 Å². The number of nitrogens with one attached hydrogen (secondary N) is 1. The summed E-state index contributed by atoms with van der Waals surface area (Å²) in [5.41, 5.74) is 0.731. The molecule has 1 aliphatic carbocycles. The van der Waals surface area contributed by atoms with Crippen LogP contribution >= 0.6 is 15.9 Å². The first-order chi connectivity index (χ1) is 9.15. The second kappa shape index (κ2) is 6.82. The molecule has 1 aromatic rings. The Morgan fingerprint density at radius 2 is 2.00 bits per heavy atom. The van der Waals surface area contributed by atoms with E-state index in [9.17, 15) is 9.59 Å². The Morgan fingerprint density at radius 1 is 1.32 bits per heavy atom. The Bertz CT molecular complexity index is 466. The number of hydrogen-bond acceptors (Lipinski definition) is 3. The number of Topliss-reactive ketones (excluding diaryl/α,β-unsaturated/α-hetero) is 1. The smallest absolute Gasteiger partial charge is 0.250 e. The van der Waals surface area contributed by atoms with Crippen LogP contribution in [-0.4, -0.2) is 24.4 Å². The van der Waals surface area contributed by atoms with Gasteiger partial charge in [0, 0.05) is 17.3 Å². The Morgan fingerprint density at radius 3 is 2.68 bits per heavy atom. The van der Waals surface area contributed by atoms with Crippen molar-refractivity contribution in [2.24, 2.45) is 0 Å². The molecular formula is C14H16BrNO3. The van der Waals surface area contributed by atoms with Crippen LogP contribution in [0.25, 0.3) is 0 Å². The lowest BCUT2D eigenvalue weighted by Crippen LogP contribution is -2.26. The number of rotatable bonds is 4. The van der Waals surface area contributed by atoms with Crippen LogP contribution in [0.15, 0.2) is 28.7 Å².